The van der Waals surface area contributed by atoms with Gasteiger partial charge in [-0.05, 0) is 12.1 Å². The molecule has 126 valence electrons. The van der Waals surface area contributed by atoms with Crippen molar-refractivity contribution in [2.75, 3.05) is 18.5 Å². The molecule has 5 nitrogen and oxygen atoms in total. The van der Waals surface area contributed by atoms with Gasteiger partial charge in [-0.2, -0.15) is 0 Å². The molecule has 1 N–H and O–H groups in total. The predicted octanol–water partition coefficient (Wildman–Crippen LogP) is 3.76. The Morgan fingerprint density at radius 2 is 1.88 bits per heavy atom. The zero-order chi connectivity index (χ0) is 17.1. The number of anilines is 1. The number of rotatable bonds is 4. The van der Waals surface area contributed by atoms with Gasteiger partial charge in [-0.25, -0.2) is 4.98 Å². The van der Waals surface area contributed by atoms with Crippen LogP contribution in [0.2, 0.25) is 0 Å². The molecule has 4 rings (SSSR count). The third kappa shape index (κ3) is 3.64. The molecule has 2 heterocycles. The number of nitrogens with one attached hydrogen (secondary N) is 1. The quantitative estimate of drug-likeness (QED) is 0.777. The van der Waals surface area contributed by atoms with Crippen molar-refractivity contribution in [2.45, 2.75) is 6.42 Å². The fraction of sp³-hybridized carbons (Fsp3) is 0.158. The van der Waals surface area contributed by atoms with Gasteiger partial charge in [0.1, 0.15) is 18.2 Å². The maximum absolute atomic E-state index is 12.3. The van der Waals surface area contributed by atoms with E-state index in [1.807, 2.05) is 41.8 Å². The molecule has 6 heteroatoms. The van der Waals surface area contributed by atoms with Gasteiger partial charge in [0.25, 0.3) is 0 Å². The van der Waals surface area contributed by atoms with Crippen molar-refractivity contribution < 1.29 is 14.3 Å². The summed E-state index contributed by atoms with van der Waals surface area (Å²) in [6.07, 6.45) is 0.234. The lowest BCUT2D eigenvalue weighted by molar-refractivity contribution is -0.115. The van der Waals surface area contributed by atoms with Crippen molar-refractivity contribution in [1.29, 1.82) is 0 Å². The summed E-state index contributed by atoms with van der Waals surface area (Å²) >= 11 is 1.54. The average Bonchev–Trinajstić information content (AvgIpc) is 3.10. The molecule has 0 fully saturated rings. The van der Waals surface area contributed by atoms with Crippen molar-refractivity contribution in [3.05, 3.63) is 59.6 Å². The number of carbonyl (C=O) groups is 1. The Labute approximate surface area is 149 Å². The highest BCUT2D eigenvalue weighted by Crippen LogP contribution is 2.32. The van der Waals surface area contributed by atoms with E-state index in [1.54, 1.807) is 23.5 Å². The summed E-state index contributed by atoms with van der Waals surface area (Å²) in [7, 11) is 0. The van der Waals surface area contributed by atoms with Crippen molar-refractivity contribution in [2.24, 2.45) is 0 Å². The fourth-order valence-corrected chi connectivity index (χ4v) is 3.42. The number of fused-ring (bicyclic) bond motifs is 1. The van der Waals surface area contributed by atoms with Crippen LogP contribution in [0.3, 0.4) is 0 Å². The maximum atomic E-state index is 12.3. The Morgan fingerprint density at radius 1 is 1.08 bits per heavy atom. The van der Waals surface area contributed by atoms with Crippen LogP contribution in [0, 0.1) is 0 Å². The minimum atomic E-state index is -0.110. The van der Waals surface area contributed by atoms with Crippen LogP contribution in [0.4, 0.5) is 5.69 Å². The summed E-state index contributed by atoms with van der Waals surface area (Å²) in [5, 5.41) is 5.72. The second-order valence-electron chi connectivity index (χ2n) is 5.59. The molecule has 0 spiro atoms. The SMILES string of the molecule is O=C(Cc1csc(-c2ccccc2)n1)Nc1ccc2c(c1)OCCO2. The minimum absolute atomic E-state index is 0.110. The van der Waals surface area contributed by atoms with Gasteiger partial charge in [-0.15, -0.1) is 11.3 Å². The second-order valence-corrected chi connectivity index (χ2v) is 6.45. The first-order valence-electron chi connectivity index (χ1n) is 7.97. The van der Waals surface area contributed by atoms with Gasteiger partial charge in [-0.3, -0.25) is 4.79 Å². The minimum Gasteiger partial charge on any atom is -0.486 e. The molecule has 0 aliphatic carbocycles. The van der Waals surface area contributed by atoms with Crippen molar-refractivity contribution in [3.63, 3.8) is 0 Å². The van der Waals surface area contributed by atoms with E-state index >= 15 is 0 Å². The van der Waals surface area contributed by atoms with Crippen LogP contribution in [-0.2, 0) is 11.2 Å². The maximum Gasteiger partial charge on any atom is 0.230 e. The molecule has 1 amide bonds. The Hall–Kier alpha value is -2.86. The van der Waals surface area contributed by atoms with Gasteiger partial charge < -0.3 is 14.8 Å². The lowest BCUT2D eigenvalue weighted by Gasteiger charge is -2.18. The van der Waals surface area contributed by atoms with E-state index in [4.69, 9.17) is 9.47 Å². The van der Waals surface area contributed by atoms with E-state index in [0.29, 0.717) is 30.4 Å². The number of hydrogen-bond donors (Lipinski definition) is 1. The summed E-state index contributed by atoms with van der Waals surface area (Å²) in [5.74, 6) is 1.25. The lowest BCUT2D eigenvalue weighted by Crippen LogP contribution is -2.17. The first kappa shape index (κ1) is 15.7. The fourth-order valence-electron chi connectivity index (χ4n) is 2.59. The highest BCUT2D eigenvalue weighted by Gasteiger charge is 2.14. The molecule has 0 bridgehead atoms. The Bertz CT molecular complexity index is 893. The topological polar surface area (TPSA) is 60.5 Å². The first-order valence-corrected chi connectivity index (χ1v) is 8.85. The van der Waals surface area contributed by atoms with E-state index in [1.165, 1.54) is 0 Å². The number of ether oxygens (including phenoxy) is 2. The van der Waals surface area contributed by atoms with Crippen LogP contribution >= 0.6 is 11.3 Å². The molecule has 0 saturated heterocycles. The molecule has 3 aromatic rings. The molecule has 1 aliphatic heterocycles. The number of amides is 1. The van der Waals surface area contributed by atoms with E-state index < -0.39 is 0 Å². The van der Waals surface area contributed by atoms with Crippen LogP contribution in [0.25, 0.3) is 10.6 Å². The van der Waals surface area contributed by atoms with Crippen LogP contribution in [0.5, 0.6) is 11.5 Å². The Balaban J connectivity index is 1.42. The number of thiazole rings is 1. The molecule has 0 saturated carbocycles. The van der Waals surface area contributed by atoms with Gasteiger partial charge in [0.05, 0.1) is 12.1 Å². The van der Waals surface area contributed by atoms with Crippen molar-refractivity contribution >= 4 is 22.9 Å². The molecular weight excluding hydrogens is 336 g/mol. The highest BCUT2D eigenvalue weighted by atomic mass is 32.1. The van der Waals surface area contributed by atoms with Crippen LogP contribution < -0.4 is 14.8 Å². The molecule has 25 heavy (non-hydrogen) atoms. The Morgan fingerprint density at radius 3 is 2.72 bits per heavy atom. The van der Waals surface area contributed by atoms with Crippen molar-refractivity contribution in [3.8, 4) is 22.1 Å². The van der Waals surface area contributed by atoms with Gasteiger partial charge in [-0.1, -0.05) is 30.3 Å². The zero-order valence-corrected chi connectivity index (χ0v) is 14.2. The summed E-state index contributed by atoms with van der Waals surface area (Å²) in [4.78, 5) is 16.8. The number of benzene rings is 2. The van der Waals surface area contributed by atoms with Crippen LogP contribution in [0.1, 0.15) is 5.69 Å². The third-order valence-electron chi connectivity index (χ3n) is 3.74. The summed E-state index contributed by atoms with van der Waals surface area (Å²) in [6, 6.07) is 15.3. The third-order valence-corrected chi connectivity index (χ3v) is 4.68. The number of carbonyl (C=O) groups excluding carboxylic acids is 1. The van der Waals surface area contributed by atoms with Gasteiger partial charge in [0.15, 0.2) is 11.5 Å². The summed E-state index contributed by atoms with van der Waals surface area (Å²) < 4.78 is 11.0. The molecule has 0 unspecified atom stereocenters. The number of hydrogen-bond acceptors (Lipinski definition) is 5. The first-order chi connectivity index (χ1) is 12.3. The standard InChI is InChI=1S/C19H16N2O3S/c22-18(20-14-6-7-16-17(10-14)24-9-8-23-16)11-15-12-25-19(21-15)13-4-2-1-3-5-13/h1-7,10,12H,8-9,11H2,(H,20,22). The number of nitrogens with zero attached hydrogens (tertiary/aromatic N) is 1. The second kappa shape index (κ2) is 6.94. The molecule has 1 aromatic heterocycles. The molecule has 1 aliphatic rings. The van der Waals surface area contributed by atoms with E-state index in [2.05, 4.69) is 10.3 Å². The Kier molecular flexibility index (Phi) is 4.35. The van der Waals surface area contributed by atoms with E-state index in [-0.39, 0.29) is 12.3 Å². The summed E-state index contributed by atoms with van der Waals surface area (Å²) in [5.41, 5.74) is 2.51. The van der Waals surface area contributed by atoms with E-state index in [0.717, 1.165) is 16.3 Å². The molecular formula is C19H16N2O3S. The van der Waals surface area contributed by atoms with Gasteiger partial charge in [0, 0.05) is 22.7 Å². The molecule has 0 atom stereocenters. The smallest absolute Gasteiger partial charge is 0.230 e. The van der Waals surface area contributed by atoms with Crippen molar-refractivity contribution in [1.82, 2.24) is 4.98 Å². The largest absolute Gasteiger partial charge is 0.486 e. The summed E-state index contributed by atoms with van der Waals surface area (Å²) in [6.45, 7) is 1.07. The predicted molar refractivity (Wildman–Crippen MR) is 97.3 cm³/mol. The van der Waals surface area contributed by atoms with Gasteiger partial charge in [0.2, 0.25) is 5.91 Å². The van der Waals surface area contributed by atoms with Crippen LogP contribution in [-0.4, -0.2) is 24.1 Å². The van der Waals surface area contributed by atoms with E-state index in [9.17, 15) is 4.79 Å². The highest BCUT2D eigenvalue weighted by molar-refractivity contribution is 7.13. The molecule has 0 radical (unpaired) electrons. The lowest BCUT2D eigenvalue weighted by atomic mass is 10.2. The van der Waals surface area contributed by atoms with Crippen LogP contribution in [0.15, 0.2) is 53.9 Å². The zero-order valence-electron chi connectivity index (χ0n) is 13.4. The molecule has 2 aromatic carbocycles. The normalized spacial score (nSPS) is 12.6. The van der Waals surface area contributed by atoms with Gasteiger partial charge >= 0.3 is 0 Å². The number of aromatic nitrogens is 1. The average molecular weight is 352 g/mol. The monoisotopic (exact) mass is 352 g/mol.